The van der Waals surface area contributed by atoms with E-state index in [-0.39, 0.29) is 37.7 Å². The summed E-state index contributed by atoms with van der Waals surface area (Å²) in [7, 11) is 1.39. The van der Waals surface area contributed by atoms with E-state index in [0.29, 0.717) is 0 Å². The largest absolute Gasteiger partial charge is 0.467 e. The van der Waals surface area contributed by atoms with Crippen molar-refractivity contribution < 1.29 is 33.3 Å². The van der Waals surface area contributed by atoms with Gasteiger partial charge in [0.2, 0.25) is 0 Å². The Balaban J connectivity index is 1.76. The number of amides is 2. The summed E-state index contributed by atoms with van der Waals surface area (Å²) < 4.78 is 28.8. The van der Waals surface area contributed by atoms with E-state index in [0.717, 1.165) is 22.6 Å². The highest BCUT2D eigenvalue weighted by Gasteiger charge is 2.51. The quantitative estimate of drug-likeness (QED) is 0.765. The maximum Gasteiger partial charge on any atom is 0.416 e. The van der Waals surface area contributed by atoms with Crippen LogP contribution in [0.25, 0.3) is 0 Å². The van der Waals surface area contributed by atoms with Crippen molar-refractivity contribution in [1.82, 2.24) is 4.90 Å². The first-order chi connectivity index (χ1) is 13.5. The van der Waals surface area contributed by atoms with E-state index in [4.69, 9.17) is 14.2 Å². The smallest absolute Gasteiger partial charge is 0.416 e. The van der Waals surface area contributed by atoms with Crippen molar-refractivity contribution in [3.8, 4) is 5.75 Å². The van der Waals surface area contributed by atoms with Gasteiger partial charge in [-0.15, -0.1) is 0 Å². The fourth-order valence-corrected chi connectivity index (χ4v) is 3.01. The van der Waals surface area contributed by atoms with Gasteiger partial charge in [-0.05, 0) is 17.7 Å². The molecule has 3 rings (SSSR count). The Morgan fingerprint density at radius 1 is 1.25 bits per heavy atom. The van der Waals surface area contributed by atoms with Crippen LogP contribution in [-0.2, 0) is 26.5 Å². The van der Waals surface area contributed by atoms with Gasteiger partial charge in [-0.3, -0.25) is 4.79 Å². The second kappa shape index (κ2) is 8.37. The lowest BCUT2D eigenvalue weighted by molar-refractivity contribution is -0.143. The molecule has 1 aliphatic rings. The van der Waals surface area contributed by atoms with Crippen molar-refractivity contribution in [2.24, 2.45) is 0 Å². The first kappa shape index (κ1) is 19.8. The molecule has 1 heterocycles. The minimum atomic E-state index is -2.03. The molecule has 148 valence electrons. The average molecular weight is 389 g/mol. The van der Waals surface area contributed by atoms with Crippen molar-refractivity contribution in [3.05, 3.63) is 65.5 Å². The summed E-state index contributed by atoms with van der Waals surface area (Å²) in [4.78, 5) is 25.9. The number of hydrogen-bond acceptors (Lipinski definition) is 6. The van der Waals surface area contributed by atoms with Gasteiger partial charge in [0.05, 0.1) is 0 Å². The van der Waals surface area contributed by atoms with E-state index >= 15 is 0 Å². The lowest BCUT2D eigenvalue weighted by Gasteiger charge is -2.24. The lowest BCUT2D eigenvalue weighted by Crippen LogP contribution is -2.41. The van der Waals surface area contributed by atoms with E-state index < -0.39 is 23.4 Å². The number of methoxy groups -OCH3 is 1. The standard InChI is InChI=1S/C20H20FNO6/c1-26-13-28-17-11-15(21)7-8-16(17)20(25)9-10-22(18(20)23)19(24)27-12-14-5-3-2-4-6-14/h2-8,11,25H,9-10,12-13H2,1H3. The van der Waals surface area contributed by atoms with Gasteiger partial charge in [-0.2, -0.15) is 0 Å². The molecule has 0 radical (unpaired) electrons. The molecule has 2 amide bonds. The van der Waals surface area contributed by atoms with Gasteiger partial charge in [0.15, 0.2) is 12.4 Å². The van der Waals surface area contributed by atoms with Gasteiger partial charge in [0.25, 0.3) is 5.91 Å². The molecule has 1 saturated heterocycles. The number of halogens is 1. The number of ether oxygens (including phenoxy) is 3. The molecule has 1 fully saturated rings. The molecule has 1 aliphatic heterocycles. The average Bonchev–Trinajstić information content (AvgIpc) is 3.01. The monoisotopic (exact) mass is 389 g/mol. The number of hydrogen-bond donors (Lipinski definition) is 1. The molecule has 2 aromatic rings. The second-order valence-corrected chi connectivity index (χ2v) is 6.30. The van der Waals surface area contributed by atoms with Gasteiger partial charge in [0, 0.05) is 31.7 Å². The number of rotatable bonds is 6. The van der Waals surface area contributed by atoms with Crippen molar-refractivity contribution >= 4 is 12.0 Å². The molecular formula is C20H20FNO6. The Hall–Kier alpha value is -2.97. The Morgan fingerprint density at radius 3 is 2.71 bits per heavy atom. The molecule has 8 heteroatoms. The number of carbonyl (C=O) groups is 2. The number of benzene rings is 2. The van der Waals surface area contributed by atoms with E-state index in [1.807, 2.05) is 6.07 Å². The van der Waals surface area contributed by atoms with Crippen molar-refractivity contribution in [2.45, 2.75) is 18.6 Å². The van der Waals surface area contributed by atoms with Crippen LogP contribution in [0.5, 0.6) is 5.75 Å². The maximum atomic E-state index is 13.6. The summed E-state index contributed by atoms with van der Waals surface area (Å²) in [5.74, 6) is -1.47. The van der Waals surface area contributed by atoms with Crippen LogP contribution in [0.15, 0.2) is 48.5 Å². The van der Waals surface area contributed by atoms with E-state index in [1.54, 1.807) is 24.3 Å². The summed E-state index contributed by atoms with van der Waals surface area (Å²) in [5, 5.41) is 11.0. The molecular weight excluding hydrogens is 369 g/mol. The van der Waals surface area contributed by atoms with E-state index in [9.17, 15) is 19.1 Å². The zero-order chi connectivity index (χ0) is 20.1. The summed E-state index contributed by atoms with van der Waals surface area (Å²) in [6, 6.07) is 12.4. The Kier molecular flexibility index (Phi) is 5.91. The van der Waals surface area contributed by atoms with Crippen LogP contribution in [0.1, 0.15) is 17.5 Å². The Morgan fingerprint density at radius 2 is 2.00 bits per heavy atom. The maximum absolute atomic E-state index is 13.6. The van der Waals surface area contributed by atoms with Gasteiger partial charge in [-0.1, -0.05) is 30.3 Å². The summed E-state index contributed by atoms with van der Waals surface area (Å²) >= 11 is 0. The highest BCUT2D eigenvalue weighted by Crippen LogP contribution is 2.39. The molecule has 0 bridgehead atoms. The molecule has 1 unspecified atom stereocenters. The fourth-order valence-electron chi connectivity index (χ4n) is 3.01. The molecule has 1 atom stereocenters. The molecule has 2 aromatic carbocycles. The third-order valence-corrected chi connectivity index (χ3v) is 4.44. The summed E-state index contributed by atoms with van der Waals surface area (Å²) in [6.07, 6.45) is -0.924. The third-order valence-electron chi connectivity index (χ3n) is 4.44. The van der Waals surface area contributed by atoms with Crippen LogP contribution in [0.3, 0.4) is 0 Å². The second-order valence-electron chi connectivity index (χ2n) is 6.30. The third kappa shape index (κ3) is 3.97. The van der Waals surface area contributed by atoms with Gasteiger partial charge in [0.1, 0.15) is 18.2 Å². The van der Waals surface area contributed by atoms with E-state index in [1.165, 1.54) is 13.2 Å². The number of aliphatic hydroxyl groups is 1. The predicted octanol–water partition coefficient (Wildman–Crippen LogP) is 2.57. The van der Waals surface area contributed by atoms with Crippen LogP contribution in [0, 0.1) is 5.82 Å². The van der Waals surface area contributed by atoms with Gasteiger partial charge < -0.3 is 19.3 Å². The lowest BCUT2D eigenvalue weighted by atomic mass is 9.91. The van der Waals surface area contributed by atoms with Gasteiger partial charge in [-0.25, -0.2) is 14.1 Å². The summed E-state index contributed by atoms with van der Waals surface area (Å²) in [6.45, 7) is -0.228. The molecule has 1 N–H and O–H groups in total. The molecule has 0 aliphatic carbocycles. The van der Waals surface area contributed by atoms with Crippen molar-refractivity contribution in [2.75, 3.05) is 20.4 Å². The minimum absolute atomic E-state index is 0.000625. The predicted molar refractivity (Wildman–Crippen MR) is 95.8 cm³/mol. The molecule has 0 aromatic heterocycles. The topological polar surface area (TPSA) is 85.3 Å². The van der Waals surface area contributed by atoms with Crippen molar-refractivity contribution in [1.29, 1.82) is 0 Å². The molecule has 7 nitrogen and oxygen atoms in total. The highest BCUT2D eigenvalue weighted by molar-refractivity contribution is 5.99. The first-order valence-corrected chi connectivity index (χ1v) is 8.62. The zero-order valence-corrected chi connectivity index (χ0v) is 15.3. The molecule has 28 heavy (non-hydrogen) atoms. The van der Waals surface area contributed by atoms with E-state index in [2.05, 4.69) is 0 Å². The summed E-state index contributed by atoms with van der Waals surface area (Å²) in [5.41, 5.74) is -1.19. The Labute approximate surface area is 161 Å². The number of imide groups is 1. The molecule has 0 spiro atoms. The minimum Gasteiger partial charge on any atom is -0.467 e. The van der Waals surface area contributed by atoms with Crippen molar-refractivity contribution in [3.63, 3.8) is 0 Å². The zero-order valence-electron chi connectivity index (χ0n) is 15.3. The first-order valence-electron chi connectivity index (χ1n) is 8.62. The fraction of sp³-hybridized carbons (Fsp3) is 0.300. The van der Waals surface area contributed by atoms with Gasteiger partial charge >= 0.3 is 6.09 Å². The van der Waals surface area contributed by atoms with Crippen LogP contribution in [-0.4, -0.2) is 42.5 Å². The van der Waals surface area contributed by atoms with Crippen LogP contribution in [0.4, 0.5) is 9.18 Å². The molecule has 0 saturated carbocycles. The number of likely N-dealkylation sites (tertiary alicyclic amines) is 1. The van der Waals surface area contributed by atoms with Crippen LogP contribution < -0.4 is 4.74 Å². The number of nitrogens with zero attached hydrogens (tertiary/aromatic N) is 1. The highest BCUT2D eigenvalue weighted by atomic mass is 19.1. The SMILES string of the molecule is COCOc1cc(F)ccc1C1(O)CCN(C(=O)OCc2ccccc2)C1=O. The Bertz CT molecular complexity index is 859. The normalized spacial score (nSPS) is 19.0. The van der Waals surface area contributed by atoms with Crippen LogP contribution >= 0.6 is 0 Å². The van der Waals surface area contributed by atoms with Crippen LogP contribution in [0.2, 0.25) is 0 Å². The number of carbonyl (C=O) groups excluding carboxylic acids is 2.